The molecule has 0 bridgehead atoms. The standard InChI is InChI=1S/C29H34N4O5/c34-24-13-15-33-26(24)27(36)30-21(16-19-8-3-1-4-9-19)18-25(35)31-22(17-20-10-5-2-6-11-20)28(37)32-14-7-12-23(32)29(33)38/h1-6,8-11,21-24,26,34H,7,12-18H2,(H,30,36)(H,31,35)/t21-,22+,23+,24+,26+/m1/s1. The Hall–Kier alpha value is -3.72. The monoisotopic (exact) mass is 518 g/mol. The number of hydrogen-bond acceptors (Lipinski definition) is 5. The van der Waals surface area contributed by atoms with E-state index in [-0.39, 0.29) is 37.1 Å². The minimum absolute atomic E-state index is 0.0423. The zero-order valence-electron chi connectivity index (χ0n) is 21.3. The normalized spacial score (nSPS) is 28.5. The molecule has 2 aromatic rings. The summed E-state index contributed by atoms with van der Waals surface area (Å²) in [6.45, 7) is 0.644. The first kappa shape index (κ1) is 25.9. The molecule has 3 heterocycles. The first-order chi connectivity index (χ1) is 18.4. The van der Waals surface area contributed by atoms with Gasteiger partial charge in [-0.3, -0.25) is 19.2 Å². The second-order valence-corrected chi connectivity index (χ2v) is 10.4. The molecule has 38 heavy (non-hydrogen) atoms. The van der Waals surface area contributed by atoms with Crippen LogP contribution in [0, 0.1) is 0 Å². The van der Waals surface area contributed by atoms with Gasteiger partial charge < -0.3 is 25.5 Å². The fraction of sp³-hybridized carbons (Fsp3) is 0.448. The molecule has 5 rings (SSSR count). The van der Waals surface area contributed by atoms with Gasteiger partial charge in [-0.1, -0.05) is 60.7 Å². The van der Waals surface area contributed by atoms with E-state index in [1.165, 1.54) is 4.90 Å². The van der Waals surface area contributed by atoms with Gasteiger partial charge in [0.05, 0.1) is 6.10 Å². The van der Waals surface area contributed by atoms with E-state index in [4.69, 9.17) is 0 Å². The van der Waals surface area contributed by atoms with E-state index in [1.807, 2.05) is 60.7 Å². The van der Waals surface area contributed by atoms with E-state index >= 15 is 0 Å². The van der Waals surface area contributed by atoms with Crippen molar-refractivity contribution in [3.05, 3.63) is 71.8 Å². The molecule has 3 N–H and O–H groups in total. The molecule has 0 aromatic heterocycles. The van der Waals surface area contributed by atoms with Crippen molar-refractivity contribution in [3.8, 4) is 0 Å². The fourth-order valence-electron chi connectivity index (χ4n) is 5.90. The molecular formula is C29H34N4O5. The molecule has 4 amide bonds. The maximum absolute atomic E-state index is 13.8. The van der Waals surface area contributed by atoms with Crippen LogP contribution in [0.2, 0.25) is 0 Å². The first-order valence-corrected chi connectivity index (χ1v) is 13.4. The lowest BCUT2D eigenvalue weighted by molar-refractivity contribution is -0.148. The van der Waals surface area contributed by atoms with Gasteiger partial charge in [-0.2, -0.15) is 0 Å². The molecule has 3 aliphatic heterocycles. The van der Waals surface area contributed by atoms with E-state index in [2.05, 4.69) is 10.6 Å². The molecule has 0 radical (unpaired) electrons. The summed E-state index contributed by atoms with van der Waals surface area (Å²) >= 11 is 0. The molecule has 2 aromatic carbocycles. The third kappa shape index (κ3) is 5.57. The van der Waals surface area contributed by atoms with Crippen LogP contribution in [0.5, 0.6) is 0 Å². The number of rotatable bonds is 4. The van der Waals surface area contributed by atoms with E-state index in [1.54, 1.807) is 4.90 Å². The average molecular weight is 519 g/mol. The van der Waals surface area contributed by atoms with Crippen molar-refractivity contribution in [2.45, 2.75) is 68.8 Å². The van der Waals surface area contributed by atoms with Gasteiger partial charge in [0, 0.05) is 32.0 Å². The van der Waals surface area contributed by atoms with Crippen molar-refractivity contribution in [2.75, 3.05) is 13.1 Å². The zero-order valence-corrected chi connectivity index (χ0v) is 21.3. The number of hydrogen-bond donors (Lipinski definition) is 3. The van der Waals surface area contributed by atoms with Crippen molar-refractivity contribution in [1.29, 1.82) is 0 Å². The van der Waals surface area contributed by atoms with Crippen molar-refractivity contribution >= 4 is 23.6 Å². The van der Waals surface area contributed by atoms with Gasteiger partial charge in [-0.05, 0) is 36.8 Å². The summed E-state index contributed by atoms with van der Waals surface area (Å²) < 4.78 is 0. The van der Waals surface area contributed by atoms with Crippen LogP contribution in [0.1, 0.15) is 36.8 Å². The maximum Gasteiger partial charge on any atom is 0.246 e. The Morgan fingerprint density at radius 2 is 1.42 bits per heavy atom. The quantitative estimate of drug-likeness (QED) is 0.553. The first-order valence-electron chi connectivity index (χ1n) is 13.4. The molecule has 3 fully saturated rings. The lowest BCUT2D eigenvalue weighted by Gasteiger charge is -2.33. The minimum atomic E-state index is -1.05. The molecule has 0 saturated carbocycles. The summed E-state index contributed by atoms with van der Waals surface area (Å²) in [7, 11) is 0. The Kier molecular flexibility index (Phi) is 7.74. The van der Waals surface area contributed by atoms with Crippen LogP contribution < -0.4 is 10.6 Å². The van der Waals surface area contributed by atoms with Crippen LogP contribution >= 0.6 is 0 Å². The van der Waals surface area contributed by atoms with Gasteiger partial charge in [-0.15, -0.1) is 0 Å². The predicted octanol–water partition coefficient (Wildman–Crippen LogP) is 0.798. The van der Waals surface area contributed by atoms with Gasteiger partial charge in [0.2, 0.25) is 23.6 Å². The number of carbonyl (C=O) groups is 4. The van der Waals surface area contributed by atoms with Crippen LogP contribution in [0.3, 0.4) is 0 Å². The lowest BCUT2D eigenvalue weighted by atomic mass is 10.0. The molecule has 200 valence electrons. The summed E-state index contributed by atoms with van der Waals surface area (Å²) in [4.78, 5) is 57.3. The summed E-state index contributed by atoms with van der Waals surface area (Å²) in [5.41, 5.74) is 1.83. The topological polar surface area (TPSA) is 119 Å². The van der Waals surface area contributed by atoms with E-state index in [0.29, 0.717) is 32.2 Å². The Morgan fingerprint density at radius 3 is 2.11 bits per heavy atom. The summed E-state index contributed by atoms with van der Waals surface area (Å²) in [5.74, 6) is -1.46. The van der Waals surface area contributed by atoms with Gasteiger partial charge >= 0.3 is 0 Å². The second-order valence-electron chi connectivity index (χ2n) is 10.4. The molecule has 0 spiro atoms. The van der Waals surface area contributed by atoms with Crippen molar-refractivity contribution in [1.82, 2.24) is 20.4 Å². The lowest BCUT2D eigenvalue weighted by Crippen LogP contribution is -2.57. The van der Waals surface area contributed by atoms with E-state index < -0.39 is 36.2 Å². The Bertz CT molecular complexity index is 1170. The van der Waals surface area contributed by atoms with E-state index in [9.17, 15) is 24.3 Å². The van der Waals surface area contributed by atoms with E-state index in [0.717, 1.165) is 11.1 Å². The zero-order chi connectivity index (χ0) is 26.6. The summed E-state index contributed by atoms with van der Waals surface area (Å²) in [6.07, 6.45) is 1.05. The number of nitrogens with zero attached hydrogens (tertiary/aromatic N) is 2. The third-order valence-corrected chi connectivity index (χ3v) is 7.76. The maximum atomic E-state index is 13.8. The second kappa shape index (κ2) is 11.3. The number of amides is 4. The smallest absolute Gasteiger partial charge is 0.246 e. The number of benzene rings is 2. The Balaban J connectivity index is 1.48. The minimum Gasteiger partial charge on any atom is -0.390 e. The van der Waals surface area contributed by atoms with Crippen LogP contribution in [0.15, 0.2) is 60.7 Å². The molecule has 9 nitrogen and oxygen atoms in total. The molecule has 0 aliphatic carbocycles. The average Bonchev–Trinajstić information content (AvgIpc) is 3.55. The Labute approximate surface area is 222 Å². The van der Waals surface area contributed by atoms with Crippen molar-refractivity contribution in [2.24, 2.45) is 0 Å². The molecule has 9 heteroatoms. The molecular weight excluding hydrogens is 484 g/mol. The SMILES string of the molecule is O=C1C[C@@H](Cc2ccccc2)NC(=O)[C@@H]2[C@@H](O)CCN2C(=O)[C@@H]2CCCN2C(=O)[C@H](Cc2ccccc2)N1. The predicted molar refractivity (Wildman–Crippen MR) is 140 cm³/mol. The number of aliphatic hydroxyl groups is 1. The highest BCUT2D eigenvalue weighted by molar-refractivity contribution is 5.96. The summed E-state index contributed by atoms with van der Waals surface area (Å²) in [5, 5.41) is 16.5. The molecule has 0 unspecified atom stereocenters. The van der Waals surface area contributed by atoms with Crippen molar-refractivity contribution < 1.29 is 24.3 Å². The highest BCUT2D eigenvalue weighted by Gasteiger charge is 2.47. The number of carbonyl (C=O) groups excluding carboxylic acids is 4. The molecule has 5 atom stereocenters. The molecule has 3 saturated heterocycles. The molecule has 3 aliphatic rings. The van der Waals surface area contributed by atoms with Gasteiger partial charge in [-0.25, -0.2) is 0 Å². The fourth-order valence-corrected chi connectivity index (χ4v) is 5.90. The third-order valence-electron chi connectivity index (χ3n) is 7.76. The van der Waals surface area contributed by atoms with Gasteiger partial charge in [0.25, 0.3) is 0 Å². The van der Waals surface area contributed by atoms with Gasteiger partial charge in [0.1, 0.15) is 18.1 Å². The highest BCUT2D eigenvalue weighted by Crippen LogP contribution is 2.27. The Morgan fingerprint density at radius 1 is 0.763 bits per heavy atom. The number of aliphatic hydroxyl groups excluding tert-OH is 1. The van der Waals surface area contributed by atoms with Crippen LogP contribution in [-0.2, 0) is 32.0 Å². The van der Waals surface area contributed by atoms with Crippen LogP contribution in [0.25, 0.3) is 0 Å². The van der Waals surface area contributed by atoms with Gasteiger partial charge in [0.15, 0.2) is 0 Å². The number of nitrogens with one attached hydrogen (secondary N) is 2. The van der Waals surface area contributed by atoms with Crippen LogP contribution in [0.4, 0.5) is 0 Å². The van der Waals surface area contributed by atoms with Crippen LogP contribution in [-0.4, -0.2) is 81.9 Å². The highest BCUT2D eigenvalue weighted by atomic mass is 16.3. The summed E-state index contributed by atoms with van der Waals surface area (Å²) in [6, 6.07) is 15.8. The number of fused-ring (bicyclic) bond motifs is 2. The van der Waals surface area contributed by atoms with Crippen molar-refractivity contribution in [3.63, 3.8) is 0 Å². The largest absolute Gasteiger partial charge is 0.390 e.